The molecule has 438 valence electrons. The highest BCUT2D eigenvalue weighted by Crippen LogP contribution is 2.20. The van der Waals surface area contributed by atoms with Crippen LogP contribution in [0.3, 0.4) is 0 Å². The zero-order valence-corrected chi connectivity index (χ0v) is 48.9. The number of allylic oxidation sites excluding steroid dienone is 4. The smallest absolute Gasteiger partial charge is 0.465 e. The molecule has 0 saturated heterocycles. The van der Waals surface area contributed by atoms with Crippen molar-refractivity contribution in [3.63, 3.8) is 0 Å². The third-order valence-electron chi connectivity index (χ3n) is 13.2. The number of nitrogens with zero attached hydrogens (tertiary/aromatic N) is 1. The van der Waals surface area contributed by atoms with Crippen molar-refractivity contribution in [3.8, 4) is 0 Å². The third-order valence-corrected chi connectivity index (χ3v) is 13.2. The van der Waals surface area contributed by atoms with Crippen molar-refractivity contribution in [2.24, 2.45) is 11.8 Å². The largest absolute Gasteiger partial charge is 0.508 e. The molecule has 14 heteroatoms. The summed E-state index contributed by atoms with van der Waals surface area (Å²) in [6, 6.07) is 0. The lowest BCUT2D eigenvalue weighted by Gasteiger charge is -2.20. The van der Waals surface area contributed by atoms with Crippen LogP contribution in [0.15, 0.2) is 24.3 Å². The second-order valence-electron chi connectivity index (χ2n) is 20.0. The Morgan fingerprint density at radius 2 is 0.920 bits per heavy atom. The Bertz CT molecular complexity index is 1390. The van der Waals surface area contributed by atoms with E-state index >= 15 is 0 Å². The number of carbonyl (C=O) groups is 5. The van der Waals surface area contributed by atoms with Gasteiger partial charge in [-0.2, -0.15) is 0 Å². The minimum absolute atomic E-state index is 0.00390. The highest BCUT2D eigenvalue weighted by Gasteiger charge is 2.23. The van der Waals surface area contributed by atoms with Crippen LogP contribution in [-0.4, -0.2) is 113 Å². The lowest BCUT2D eigenvalue weighted by molar-refractivity contribution is -0.162. The molecule has 0 radical (unpaired) electrons. The molecule has 0 rings (SSSR count). The van der Waals surface area contributed by atoms with Gasteiger partial charge in [-0.05, 0) is 116 Å². The van der Waals surface area contributed by atoms with Crippen LogP contribution in [0.25, 0.3) is 0 Å². The number of rotatable bonds is 54. The van der Waals surface area contributed by atoms with E-state index in [1.54, 1.807) is 0 Å². The Kier molecular flexibility index (Phi) is 51.4. The molecule has 0 bridgehead atoms. The van der Waals surface area contributed by atoms with E-state index in [4.69, 9.17) is 37.9 Å². The highest BCUT2D eigenvalue weighted by molar-refractivity contribution is 5.72. The topological polar surface area (TPSA) is 162 Å². The molecule has 0 aromatic rings. The summed E-state index contributed by atoms with van der Waals surface area (Å²) in [4.78, 5) is 67.1. The number of ether oxygens (including phenoxy) is 8. The molecule has 75 heavy (non-hydrogen) atoms. The summed E-state index contributed by atoms with van der Waals surface area (Å²) in [5.74, 6) is -2.07. The molecule has 0 aliphatic rings. The summed E-state index contributed by atoms with van der Waals surface area (Å²) >= 11 is 0. The predicted octanol–water partition coefficient (Wildman–Crippen LogP) is 14.9. The SMILES string of the molecule is CC/C=C\CCCCOC(CCC(=O)OCC(COC(=O)CCCCCCOC(=O)C(CCCC)CCCCCC)COC(=O)CCC(CCCCCC)OC(=O)OCCCN(CC)CC)OCCCC/C=C\CC. The van der Waals surface area contributed by atoms with Gasteiger partial charge in [0.2, 0.25) is 0 Å². The Hall–Kier alpha value is -3.49. The molecule has 3 atom stereocenters. The van der Waals surface area contributed by atoms with Crippen LogP contribution in [0.2, 0.25) is 0 Å². The van der Waals surface area contributed by atoms with Crippen molar-refractivity contribution in [3.05, 3.63) is 24.3 Å². The van der Waals surface area contributed by atoms with Gasteiger partial charge < -0.3 is 42.8 Å². The van der Waals surface area contributed by atoms with Gasteiger partial charge in [0.25, 0.3) is 0 Å². The van der Waals surface area contributed by atoms with Gasteiger partial charge in [-0.25, -0.2) is 4.79 Å². The molecule has 0 aliphatic heterocycles. The molecule has 3 unspecified atom stereocenters. The van der Waals surface area contributed by atoms with Gasteiger partial charge in [0, 0.05) is 39.0 Å². The fourth-order valence-electron chi connectivity index (χ4n) is 8.33. The highest BCUT2D eigenvalue weighted by atomic mass is 16.7. The molecule has 0 heterocycles. The monoisotopic (exact) mass is 1070 g/mol. The molecule has 0 N–H and O–H groups in total. The fraction of sp³-hybridized carbons (Fsp3) is 0.852. The molecule has 0 aromatic carbocycles. The van der Waals surface area contributed by atoms with Gasteiger partial charge in [0.1, 0.15) is 25.9 Å². The van der Waals surface area contributed by atoms with E-state index in [0.717, 1.165) is 154 Å². The van der Waals surface area contributed by atoms with E-state index in [-0.39, 0.29) is 64.0 Å². The Labute approximate surface area is 457 Å². The Balaban J connectivity index is 5.50. The zero-order chi connectivity index (χ0) is 55.3. The maximum Gasteiger partial charge on any atom is 0.508 e. The average molecular weight is 1070 g/mol. The lowest BCUT2D eigenvalue weighted by atomic mass is 9.95. The first kappa shape index (κ1) is 71.5. The second kappa shape index (κ2) is 53.9. The van der Waals surface area contributed by atoms with E-state index in [1.807, 2.05) is 0 Å². The first-order valence-electron chi connectivity index (χ1n) is 30.3. The van der Waals surface area contributed by atoms with E-state index in [1.165, 1.54) is 12.8 Å². The maximum atomic E-state index is 13.2. The van der Waals surface area contributed by atoms with E-state index < -0.39 is 42.4 Å². The number of unbranched alkanes of at least 4 members (excludes halogenated alkanes) is 14. The maximum absolute atomic E-state index is 13.2. The number of esters is 4. The number of hydrogen-bond acceptors (Lipinski definition) is 14. The van der Waals surface area contributed by atoms with Crippen LogP contribution >= 0.6 is 0 Å². The molecular formula is C61H111NO13. The molecule has 0 saturated carbocycles. The molecule has 0 fully saturated rings. The molecule has 0 aliphatic carbocycles. The zero-order valence-electron chi connectivity index (χ0n) is 48.9. The van der Waals surface area contributed by atoms with E-state index in [9.17, 15) is 24.0 Å². The van der Waals surface area contributed by atoms with Crippen LogP contribution in [0.1, 0.15) is 248 Å². The standard InChI is InChI=1S/C61H111NO13/c1-8-15-20-24-27-33-46-68-59(69-47-34-28-25-21-16-9-2)44-43-58(65)74-52-53(50-72-56(63)40-32-26-29-35-48-70-60(66)54(37-19-12-5)38-30-22-17-10-3)51-73-57(64)42-41-55(39-31-23-18-11-4)75-61(67)71-49-36-45-62(13-6)14-7/h15-16,20-21,53-55,59H,8-14,17-19,22-52H2,1-7H3/b20-15-,21-16-. The van der Waals surface area contributed by atoms with Gasteiger partial charge in [-0.1, -0.05) is 143 Å². The molecule has 0 spiro atoms. The molecule has 0 aromatic heterocycles. The summed E-state index contributed by atoms with van der Waals surface area (Å²) in [5.41, 5.74) is 0. The summed E-state index contributed by atoms with van der Waals surface area (Å²) in [7, 11) is 0. The van der Waals surface area contributed by atoms with Crippen molar-refractivity contribution in [2.45, 2.75) is 260 Å². The van der Waals surface area contributed by atoms with Crippen molar-refractivity contribution in [2.75, 3.05) is 65.9 Å². The van der Waals surface area contributed by atoms with Crippen molar-refractivity contribution in [1.29, 1.82) is 0 Å². The van der Waals surface area contributed by atoms with Crippen LogP contribution in [0, 0.1) is 11.8 Å². The summed E-state index contributed by atoms with van der Waals surface area (Å²) in [6.07, 6.45) is 32.2. The second-order valence-corrected chi connectivity index (χ2v) is 20.0. The average Bonchev–Trinajstić information content (AvgIpc) is 3.41. The first-order chi connectivity index (χ1) is 36.6. The van der Waals surface area contributed by atoms with Gasteiger partial charge in [-0.3, -0.25) is 19.2 Å². The normalized spacial score (nSPS) is 12.9. The number of carbonyl (C=O) groups excluding carboxylic acids is 5. The minimum atomic E-state index is -0.734. The fourth-order valence-corrected chi connectivity index (χ4v) is 8.33. The minimum Gasteiger partial charge on any atom is -0.465 e. The van der Waals surface area contributed by atoms with Gasteiger partial charge in [0.15, 0.2) is 6.29 Å². The van der Waals surface area contributed by atoms with Crippen LogP contribution in [-0.2, 0) is 57.1 Å². The Morgan fingerprint density at radius 1 is 0.427 bits per heavy atom. The number of hydrogen-bond donors (Lipinski definition) is 0. The van der Waals surface area contributed by atoms with Gasteiger partial charge in [0.05, 0.1) is 31.5 Å². The molecular weight excluding hydrogens is 955 g/mol. The van der Waals surface area contributed by atoms with Crippen LogP contribution in [0.5, 0.6) is 0 Å². The summed E-state index contributed by atoms with van der Waals surface area (Å²) in [6.45, 7) is 18.9. The van der Waals surface area contributed by atoms with Crippen molar-refractivity contribution < 1.29 is 61.9 Å². The van der Waals surface area contributed by atoms with Gasteiger partial charge in [-0.15, -0.1) is 0 Å². The first-order valence-corrected chi connectivity index (χ1v) is 30.3. The summed E-state index contributed by atoms with van der Waals surface area (Å²) in [5, 5.41) is 0. The van der Waals surface area contributed by atoms with Gasteiger partial charge >= 0.3 is 30.0 Å². The predicted molar refractivity (Wildman–Crippen MR) is 300 cm³/mol. The Morgan fingerprint density at radius 3 is 1.48 bits per heavy atom. The third kappa shape index (κ3) is 46.3. The van der Waals surface area contributed by atoms with Crippen LogP contribution in [0.4, 0.5) is 4.79 Å². The quantitative estimate of drug-likeness (QED) is 0.0186. The lowest BCUT2D eigenvalue weighted by Crippen LogP contribution is -2.27. The summed E-state index contributed by atoms with van der Waals surface area (Å²) < 4.78 is 46.0. The van der Waals surface area contributed by atoms with E-state index in [0.29, 0.717) is 45.5 Å². The van der Waals surface area contributed by atoms with Crippen molar-refractivity contribution in [1.82, 2.24) is 4.90 Å². The van der Waals surface area contributed by atoms with Crippen LogP contribution < -0.4 is 0 Å². The molecule has 0 amide bonds. The van der Waals surface area contributed by atoms with E-state index in [2.05, 4.69) is 77.7 Å². The van der Waals surface area contributed by atoms with Crippen molar-refractivity contribution >= 4 is 30.0 Å². The molecule has 14 nitrogen and oxygen atoms in total.